The molecule has 1 aliphatic heterocycles. The fraction of sp³-hybridized carbons (Fsp3) is 0.569. The number of hydrogen-bond acceptors (Lipinski definition) is 7. The van der Waals surface area contributed by atoms with Crippen LogP contribution in [-0.2, 0) is 19.1 Å². The SMILES string of the molecule is CCC(=O)NC(C(=O)C1C2C(C[C@H]1c1nc(-c3ccc(-c4ccc(-c5c[nH]c([C@@H]6C[C@H]7C[C@H]7N6C(=O)C(NC(=O)OC)C6CC7C(C6)C7(F)F)n5)cc4)cc3)c[nH]1)[C@H]2C)C1CC2C(C1)C2(F)F. The molecule has 4 N–H and O–H groups in total. The molecule has 7 saturated carbocycles. The van der Waals surface area contributed by atoms with Crippen molar-refractivity contribution in [3.05, 3.63) is 72.6 Å². The highest BCUT2D eigenvalue weighted by molar-refractivity contribution is 5.92. The van der Waals surface area contributed by atoms with Crippen LogP contribution in [0.1, 0.15) is 88.8 Å². The number of alkyl halides is 4. The maximum absolute atomic E-state index is 14.5. The second-order valence-corrected chi connectivity index (χ2v) is 21.2. The van der Waals surface area contributed by atoms with E-state index in [4.69, 9.17) is 14.7 Å². The Kier molecular flexibility index (Phi) is 9.73. The monoisotopic (exact) mass is 921 g/mol. The molecule has 2 aromatic carbocycles. The summed E-state index contributed by atoms with van der Waals surface area (Å²) in [4.78, 5) is 72.3. The highest BCUT2D eigenvalue weighted by Crippen LogP contribution is 2.69. The van der Waals surface area contributed by atoms with Gasteiger partial charge >= 0.3 is 6.09 Å². The molecule has 9 unspecified atom stereocenters. The van der Waals surface area contributed by atoms with E-state index in [1.165, 1.54) is 7.11 Å². The molecule has 8 fully saturated rings. The third-order valence-corrected chi connectivity index (χ3v) is 17.8. The lowest BCUT2D eigenvalue weighted by Gasteiger charge is -2.33. The number of Topliss-reactive ketones (excluding diaryl/α,β-unsaturated/α-hetero) is 1. The lowest BCUT2D eigenvalue weighted by Crippen LogP contribution is -2.53. The van der Waals surface area contributed by atoms with Gasteiger partial charge in [0, 0.05) is 71.5 Å². The van der Waals surface area contributed by atoms with Crippen molar-refractivity contribution in [2.75, 3.05) is 7.11 Å². The summed E-state index contributed by atoms with van der Waals surface area (Å²) in [5.41, 5.74) is 5.29. The number of benzene rings is 2. The van der Waals surface area contributed by atoms with E-state index in [1.807, 2.05) is 65.8 Å². The van der Waals surface area contributed by atoms with E-state index in [0.717, 1.165) is 58.7 Å². The Morgan fingerprint density at radius 3 is 1.81 bits per heavy atom. The maximum atomic E-state index is 14.5. The van der Waals surface area contributed by atoms with Gasteiger partial charge in [-0.25, -0.2) is 32.3 Å². The van der Waals surface area contributed by atoms with Crippen LogP contribution in [-0.4, -0.2) is 85.6 Å². The highest BCUT2D eigenvalue weighted by Gasteiger charge is 2.74. The van der Waals surface area contributed by atoms with Crippen molar-refractivity contribution in [1.82, 2.24) is 35.5 Å². The van der Waals surface area contributed by atoms with Gasteiger partial charge in [0.25, 0.3) is 11.8 Å². The van der Waals surface area contributed by atoms with Gasteiger partial charge in [-0.05, 0) is 91.6 Å². The van der Waals surface area contributed by atoms with Crippen LogP contribution in [0.2, 0.25) is 0 Å². The minimum Gasteiger partial charge on any atom is -0.453 e. The van der Waals surface area contributed by atoms with Gasteiger partial charge in [0.15, 0.2) is 5.78 Å². The molecule has 3 heterocycles. The predicted octanol–water partition coefficient (Wildman–Crippen LogP) is 8.55. The number of carbonyl (C=O) groups is 4. The zero-order chi connectivity index (χ0) is 46.4. The van der Waals surface area contributed by atoms with Crippen LogP contribution in [0, 0.1) is 65.1 Å². The van der Waals surface area contributed by atoms with Crippen molar-refractivity contribution in [1.29, 1.82) is 0 Å². The summed E-state index contributed by atoms with van der Waals surface area (Å²) in [6.45, 7) is 3.91. The molecule has 8 aliphatic rings. The third kappa shape index (κ3) is 6.95. The van der Waals surface area contributed by atoms with E-state index in [9.17, 15) is 36.7 Å². The molecule has 0 bridgehead atoms. The predicted molar refractivity (Wildman–Crippen MR) is 236 cm³/mol. The summed E-state index contributed by atoms with van der Waals surface area (Å²) >= 11 is 0. The number of nitrogens with zero attached hydrogens (tertiary/aromatic N) is 3. The molecule has 67 heavy (non-hydrogen) atoms. The quantitative estimate of drug-likeness (QED) is 0.0978. The van der Waals surface area contributed by atoms with E-state index < -0.39 is 53.7 Å². The summed E-state index contributed by atoms with van der Waals surface area (Å²) in [7, 11) is 1.23. The lowest BCUT2D eigenvalue weighted by atomic mass is 9.78. The van der Waals surface area contributed by atoms with Gasteiger partial charge in [0.1, 0.15) is 17.7 Å². The number of aromatic nitrogens is 4. The standard InChI is InChI=1S/C51H55F4N7O5/c1-4-40(63)60-43(28-13-32-33(14-28)50(32,52)53)45(64)42-31(19-30-22(2)41(30)42)46-56-20-36(58-46)25-9-5-23(6-10-25)24-7-11-26(12-8-24)37-21-57-47(59-37)39-18-27-17-38(27)62(39)48(65)44(61-49(66)67-3)29-15-34-35(16-29)51(34,54)55/h5-12,20-22,27-35,38-39,41-44H,4,13-19H2,1-3H3,(H,56,58)(H,57,59)(H,60,63)(H,61,66)/t22-,27-,28?,29?,30?,31-,32?,33?,34?,35?,38-,39+,41?,42?,43?,44?/m1/s1. The number of amides is 3. The summed E-state index contributed by atoms with van der Waals surface area (Å²) in [5.74, 6) is -7.18. The molecular weight excluding hydrogens is 867 g/mol. The average Bonchev–Trinajstić information content (AvgIpc) is 3.97. The minimum absolute atomic E-state index is 0.0198. The second-order valence-electron chi connectivity index (χ2n) is 21.2. The first-order chi connectivity index (χ1) is 32.2. The third-order valence-electron chi connectivity index (χ3n) is 17.8. The first-order valence-corrected chi connectivity index (χ1v) is 24.2. The molecule has 352 valence electrons. The zero-order valence-electron chi connectivity index (χ0n) is 37.6. The molecule has 3 amide bonds. The van der Waals surface area contributed by atoms with E-state index in [1.54, 1.807) is 6.92 Å². The maximum Gasteiger partial charge on any atom is 0.407 e. The fourth-order valence-corrected chi connectivity index (χ4v) is 13.8. The van der Waals surface area contributed by atoms with Gasteiger partial charge in [0.05, 0.1) is 30.6 Å². The van der Waals surface area contributed by atoms with Gasteiger partial charge in [0.2, 0.25) is 11.8 Å². The Morgan fingerprint density at radius 2 is 1.25 bits per heavy atom. The van der Waals surface area contributed by atoms with Crippen molar-refractivity contribution < 1.29 is 41.5 Å². The highest BCUT2D eigenvalue weighted by atomic mass is 19.3. The second kappa shape index (κ2) is 15.2. The number of hydrogen-bond donors (Lipinski definition) is 4. The normalized spacial score (nSPS) is 36.0. The van der Waals surface area contributed by atoms with E-state index >= 15 is 0 Å². The molecule has 2 aromatic heterocycles. The Morgan fingerprint density at radius 1 is 0.731 bits per heavy atom. The Labute approximate surface area is 385 Å². The van der Waals surface area contributed by atoms with Gasteiger partial charge in [-0.15, -0.1) is 0 Å². The van der Waals surface area contributed by atoms with Crippen LogP contribution in [0.25, 0.3) is 33.6 Å². The zero-order valence-corrected chi connectivity index (χ0v) is 37.6. The number of ketones is 1. The van der Waals surface area contributed by atoms with E-state index in [2.05, 4.69) is 27.5 Å². The molecule has 7 aliphatic carbocycles. The van der Waals surface area contributed by atoms with E-state index in [-0.39, 0.29) is 91.4 Å². The molecule has 12 rings (SSSR count). The summed E-state index contributed by atoms with van der Waals surface area (Å²) in [5, 5.41) is 5.67. The number of piperidine rings is 1. The Balaban J connectivity index is 0.714. The number of methoxy groups -OCH3 is 1. The Hall–Kier alpha value is -5.54. The van der Waals surface area contributed by atoms with Crippen molar-refractivity contribution in [3.8, 4) is 33.6 Å². The fourth-order valence-electron chi connectivity index (χ4n) is 13.8. The number of likely N-dealkylation sites (tertiary alicyclic amines) is 1. The van der Waals surface area contributed by atoms with Gasteiger partial charge < -0.3 is 30.2 Å². The molecule has 12 nitrogen and oxygen atoms in total. The first-order valence-electron chi connectivity index (χ1n) is 24.2. The van der Waals surface area contributed by atoms with Crippen LogP contribution in [0.5, 0.6) is 0 Å². The molecule has 16 heteroatoms. The van der Waals surface area contributed by atoms with Crippen molar-refractivity contribution in [2.24, 2.45) is 65.1 Å². The smallest absolute Gasteiger partial charge is 0.407 e. The van der Waals surface area contributed by atoms with Gasteiger partial charge in [-0.1, -0.05) is 62.4 Å². The topological polar surface area (TPSA) is 162 Å². The number of imidazole rings is 2. The van der Waals surface area contributed by atoms with Gasteiger partial charge in [-0.3, -0.25) is 14.4 Å². The van der Waals surface area contributed by atoms with Crippen LogP contribution >= 0.6 is 0 Å². The van der Waals surface area contributed by atoms with Crippen molar-refractivity contribution >= 4 is 23.7 Å². The molecule has 4 aromatic rings. The molecule has 1 saturated heterocycles. The number of halogens is 4. The first kappa shape index (κ1) is 42.8. The van der Waals surface area contributed by atoms with Gasteiger partial charge in [-0.2, -0.15) is 0 Å². The number of carbonyl (C=O) groups excluding carboxylic acids is 4. The lowest BCUT2D eigenvalue weighted by molar-refractivity contribution is -0.137. The number of ether oxygens (including phenoxy) is 1. The van der Waals surface area contributed by atoms with Crippen molar-refractivity contribution in [2.45, 2.75) is 107 Å². The van der Waals surface area contributed by atoms with Crippen LogP contribution in [0.3, 0.4) is 0 Å². The number of H-pyrrole nitrogens is 2. The summed E-state index contributed by atoms with van der Waals surface area (Å²) < 4.78 is 61.5. The van der Waals surface area contributed by atoms with E-state index in [0.29, 0.717) is 23.6 Å². The van der Waals surface area contributed by atoms with Crippen LogP contribution < -0.4 is 10.6 Å². The molecule has 0 radical (unpaired) electrons. The average molecular weight is 922 g/mol. The Bertz CT molecular complexity index is 2620. The number of fused-ring (bicyclic) bond motifs is 4. The number of nitrogens with one attached hydrogen (secondary N) is 4. The van der Waals surface area contributed by atoms with Crippen molar-refractivity contribution in [3.63, 3.8) is 0 Å². The number of aromatic amines is 2. The largest absolute Gasteiger partial charge is 0.453 e. The van der Waals surface area contributed by atoms with Crippen LogP contribution in [0.4, 0.5) is 22.4 Å². The summed E-state index contributed by atoms with van der Waals surface area (Å²) in [6.07, 6.45) is 6.49. The molecule has 0 spiro atoms. The minimum atomic E-state index is -2.69. The molecular formula is C51H55F4N7O5. The number of alkyl carbamates (subject to hydrolysis) is 1. The number of rotatable bonds is 13. The summed E-state index contributed by atoms with van der Waals surface area (Å²) in [6, 6.07) is 14.2. The van der Waals surface area contributed by atoms with Crippen LogP contribution in [0.15, 0.2) is 60.9 Å². The molecule has 14 atom stereocenters.